The molecule has 23 heavy (non-hydrogen) atoms. The molecule has 0 radical (unpaired) electrons. The van der Waals surface area contributed by atoms with E-state index >= 15 is 0 Å². The molecule has 1 fully saturated rings. The van der Waals surface area contributed by atoms with Crippen molar-refractivity contribution in [2.24, 2.45) is 0 Å². The van der Waals surface area contributed by atoms with Crippen molar-refractivity contribution in [3.63, 3.8) is 0 Å². The van der Waals surface area contributed by atoms with E-state index in [2.05, 4.69) is 10.6 Å². The van der Waals surface area contributed by atoms with Crippen LogP contribution < -0.4 is 15.4 Å². The SMILES string of the molecule is COc1cc(NC(=O)CNC2CCOC2=O)c(C)cc1[N+](=O)[O-]. The van der Waals surface area contributed by atoms with Crippen LogP contribution in [0.5, 0.6) is 5.75 Å². The van der Waals surface area contributed by atoms with Crippen LogP contribution in [0.25, 0.3) is 0 Å². The molecule has 9 heteroatoms. The Bertz CT molecular complexity index is 646. The van der Waals surface area contributed by atoms with E-state index in [0.29, 0.717) is 24.3 Å². The number of carbonyl (C=O) groups is 2. The number of carbonyl (C=O) groups excluding carboxylic acids is 2. The van der Waals surface area contributed by atoms with Crippen LogP contribution in [0.15, 0.2) is 12.1 Å². The number of nitrogens with one attached hydrogen (secondary N) is 2. The van der Waals surface area contributed by atoms with Crippen molar-refractivity contribution in [1.82, 2.24) is 5.32 Å². The average Bonchev–Trinajstić information content (AvgIpc) is 2.92. The van der Waals surface area contributed by atoms with Crippen molar-refractivity contribution >= 4 is 23.3 Å². The Morgan fingerprint density at radius 2 is 2.26 bits per heavy atom. The topological polar surface area (TPSA) is 120 Å². The van der Waals surface area contributed by atoms with Gasteiger partial charge in [-0.05, 0) is 12.5 Å². The summed E-state index contributed by atoms with van der Waals surface area (Å²) in [7, 11) is 1.32. The van der Waals surface area contributed by atoms with Crippen LogP contribution in [0.1, 0.15) is 12.0 Å². The van der Waals surface area contributed by atoms with Crippen LogP contribution in [0.3, 0.4) is 0 Å². The summed E-state index contributed by atoms with van der Waals surface area (Å²) in [5, 5.41) is 16.4. The van der Waals surface area contributed by atoms with Crippen LogP contribution in [-0.2, 0) is 14.3 Å². The normalized spacial score (nSPS) is 16.8. The lowest BCUT2D eigenvalue weighted by Crippen LogP contribution is -2.38. The van der Waals surface area contributed by atoms with Gasteiger partial charge in [0.15, 0.2) is 5.75 Å². The molecule has 0 bridgehead atoms. The van der Waals surface area contributed by atoms with E-state index in [1.807, 2.05) is 0 Å². The first-order valence-corrected chi connectivity index (χ1v) is 6.95. The standard InChI is InChI=1S/C14H17N3O6/c1-8-5-11(17(20)21)12(22-2)6-10(8)16-13(18)7-15-9-3-4-23-14(9)19/h5-6,9,15H,3-4,7H2,1-2H3,(H,16,18). The highest BCUT2D eigenvalue weighted by Gasteiger charge is 2.26. The molecule has 2 N–H and O–H groups in total. The lowest BCUT2D eigenvalue weighted by atomic mass is 10.1. The number of hydrogen-bond acceptors (Lipinski definition) is 7. The van der Waals surface area contributed by atoms with Gasteiger partial charge in [0.1, 0.15) is 6.04 Å². The number of anilines is 1. The number of benzene rings is 1. The summed E-state index contributed by atoms with van der Waals surface area (Å²) in [6.07, 6.45) is 0.524. The second-order valence-corrected chi connectivity index (χ2v) is 5.03. The molecular weight excluding hydrogens is 306 g/mol. The number of cyclic esters (lactones) is 1. The van der Waals surface area contributed by atoms with Gasteiger partial charge in [0, 0.05) is 24.2 Å². The van der Waals surface area contributed by atoms with Gasteiger partial charge in [-0.3, -0.25) is 25.0 Å². The maximum atomic E-state index is 11.9. The molecule has 1 amide bonds. The zero-order valence-electron chi connectivity index (χ0n) is 12.8. The van der Waals surface area contributed by atoms with E-state index in [4.69, 9.17) is 9.47 Å². The molecule has 1 heterocycles. The molecule has 124 valence electrons. The monoisotopic (exact) mass is 323 g/mol. The number of nitro benzene ring substituents is 1. The zero-order valence-corrected chi connectivity index (χ0v) is 12.8. The van der Waals surface area contributed by atoms with Crippen LogP contribution in [0.2, 0.25) is 0 Å². The van der Waals surface area contributed by atoms with Gasteiger partial charge in [-0.15, -0.1) is 0 Å². The molecule has 1 unspecified atom stereocenters. The maximum absolute atomic E-state index is 11.9. The summed E-state index contributed by atoms with van der Waals surface area (Å²) < 4.78 is 9.76. The Morgan fingerprint density at radius 1 is 1.52 bits per heavy atom. The fraction of sp³-hybridized carbons (Fsp3) is 0.429. The number of rotatable bonds is 6. The zero-order chi connectivity index (χ0) is 17.0. The van der Waals surface area contributed by atoms with Crippen molar-refractivity contribution in [3.05, 3.63) is 27.8 Å². The van der Waals surface area contributed by atoms with Crippen molar-refractivity contribution in [3.8, 4) is 5.75 Å². The molecular formula is C14H17N3O6. The van der Waals surface area contributed by atoms with Gasteiger partial charge in [-0.1, -0.05) is 0 Å². The van der Waals surface area contributed by atoms with E-state index in [0.717, 1.165) is 0 Å². The molecule has 1 aromatic rings. The Balaban J connectivity index is 2.02. The summed E-state index contributed by atoms with van der Waals surface area (Å²) in [6, 6.07) is 2.25. The number of esters is 1. The molecule has 1 aliphatic heterocycles. The molecule has 0 aromatic heterocycles. The summed E-state index contributed by atoms with van der Waals surface area (Å²) in [5.41, 5.74) is 0.772. The largest absolute Gasteiger partial charge is 0.490 e. The van der Waals surface area contributed by atoms with Gasteiger partial charge in [0.05, 0.1) is 25.2 Å². The predicted molar refractivity (Wildman–Crippen MR) is 80.4 cm³/mol. The number of aryl methyl sites for hydroxylation is 1. The summed E-state index contributed by atoms with van der Waals surface area (Å²) in [6.45, 7) is 1.92. The molecule has 0 saturated carbocycles. The molecule has 2 rings (SSSR count). The minimum absolute atomic E-state index is 0.0585. The third-order valence-corrected chi connectivity index (χ3v) is 3.44. The fourth-order valence-corrected chi connectivity index (χ4v) is 2.21. The number of ether oxygens (including phenoxy) is 2. The third kappa shape index (κ3) is 3.95. The lowest BCUT2D eigenvalue weighted by molar-refractivity contribution is -0.385. The minimum atomic E-state index is -0.551. The van der Waals surface area contributed by atoms with Gasteiger partial charge in [-0.2, -0.15) is 0 Å². The number of nitrogens with zero attached hydrogens (tertiary/aromatic N) is 1. The molecule has 1 aromatic carbocycles. The quantitative estimate of drug-likeness (QED) is 0.450. The first-order valence-electron chi connectivity index (χ1n) is 6.95. The summed E-state index contributed by atoms with van der Waals surface area (Å²) in [5.74, 6) is -0.682. The minimum Gasteiger partial charge on any atom is -0.490 e. The second-order valence-electron chi connectivity index (χ2n) is 5.03. The maximum Gasteiger partial charge on any atom is 0.323 e. The summed E-state index contributed by atoms with van der Waals surface area (Å²) in [4.78, 5) is 33.6. The predicted octanol–water partition coefficient (Wildman–Crippen LogP) is 0.755. The number of methoxy groups -OCH3 is 1. The highest BCUT2D eigenvalue weighted by molar-refractivity contribution is 5.94. The Hall–Kier alpha value is -2.68. The molecule has 9 nitrogen and oxygen atoms in total. The van der Waals surface area contributed by atoms with Crippen molar-refractivity contribution in [1.29, 1.82) is 0 Å². The smallest absolute Gasteiger partial charge is 0.323 e. The average molecular weight is 323 g/mol. The van der Waals surface area contributed by atoms with Gasteiger partial charge >= 0.3 is 11.7 Å². The van der Waals surface area contributed by atoms with Crippen molar-refractivity contribution in [2.75, 3.05) is 25.6 Å². The Morgan fingerprint density at radius 3 is 2.83 bits per heavy atom. The van der Waals surface area contributed by atoms with E-state index in [1.165, 1.54) is 19.2 Å². The summed E-state index contributed by atoms with van der Waals surface area (Å²) >= 11 is 0. The van der Waals surface area contributed by atoms with E-state index in [9.17, 15) is 19.7 Å². The number of nitro groups is 1. The second kappa shape index (κ2) is 7.05. The highest BCUT2D eigenvalue weighted by Crippen LogP contribution is 2.32. The third-order valence-electron chi connectivity index (χ3n) is 3.44. The number of amides is 1. The Labute approximate surface area is 132 Å². The van der Waals surface area contributed by atoms with E-state index in [-0.39, 0.29) is 29.9 Å². The number of hydrogen-bond donors (Lipinski definition) is 2. The van der Waals surface area contributed by atoms with Crippen LogP contribution in [0, 0.1) is 17.0 Å². The molecule has 1 saturated heterocycles. The lowest BCUT2D eigenvalue weighted by Gasteiger charge is -2.12. The molecule has 1 aliphatic rings. The first-order chi connectivity index (χ1) is 10.9. The van der Waals surface area contributed by atoms with Gasteiger partial charge in [0.25, 0.3) is 0 Å². The van der Waals surface area contributed by atoms with Crippen LogP contribution in [-0.4, -0.2) is 43.1 Å². The van der Waals surface area contributed by atoms with Crippen LogP contribution >= 0.6 is 0 Å². The Kier molecular flexibility index (Phi) is 5.12. The molecule has 0 aliphatic carbocycles. The fourth-order valence-electron chi connectivity index (χ4n) is 2.21. The van der Waals surface area contributed by atoms with E-state index in [1.54, 1.807) is 6.92 Å². The first kappa shape index (κ1) is 16.7. The molecule has 0 spiro atoms. The van der Waals surface area contributed by atoms with Crippen molar-refractivity contribution < 1.29 is 24.0 Å². The highest BCUT2D eigenvalue weighted by atomic mass is 16.6. The van der Waals surface area contributed by atoms with Gasteiger partial charge < -0.3 is 14.8 Å². The van der Waals surface area contributed by atoms with Crippen LogP contribution in [0.4, 0.5) is 11.4 Å². The van der Waals surface area contributed by atoms with Crippen molar-refractivity contribution in [2.45, 2.75) is 19.4 Å². The van der Waals surface area contributed by atoms with Gasteiger partial charge in [-0.25, -0.2) is 0 Å². The van der Waals surface area contributed by atoms with E-state index < -0.39 is 11.0 Å². The molecule has 1 atom stereocenters. The van der Waals surface area contributed by atoms with Gasteiger partial charge in [0.2, 0.25) is 5.91 Å².